The van der Waals surface area contributed by atoms with Gasteiger partial charge in [0.2, 0.25) is 5.91 Å². The summed E-state index contributed by atoms with van der Waals surface area (Å²) in [6, 6.07) is 4.55. The second-order valence-corrected chi connectivity index (χ2v) is 6.69. The minimum Gasteiger partial charge on any atom is -0.324 e. The molecule has 0 aliphatic carbocycles. The van der Waals surface area contributed by atoms with Gasteiger partial charge in [0.15, 0.2) is 11.6 Å². The maximum atomic E-state index is 13.9. The van der Waals surface area contributed by atoms with Crippen molar-refractivity contribution in [3.63, 3.8) is 0 Å². The van der Waals surface area contributed by atoms with Crippen molar-refractivity contribution < 1.29 is 22.4 Å². The molecule has 0 unspecified atom stereocenters. The van der Waals surface area contributed by atoms with Crippen molar-refractivity contribution in [3.05, 3.63) is 70.2 Å². The Morgan fingerprint density at radius 1 is 1.03 bits per heavy atom. The number of aryl methyl sites for hydroxylation is 2. The lowest BCUT2D eigenvalue weighted by Gasteiger charge is -2.13. The van der Waals surface area contributed by atoms with Gasteiger partial charge in [-0.2, -0.15) is 5.10 Å². The predicted octanol–water partition coefficient (Wildman–Crippen LogP) is 3.47. The van der Waals surface area contributed by atoms with Gasteiger partial charge in [0, 0.05) is 37.5 Å². The van der Waals surface area contributed by atoms with Crippen LogP contribution in [0.4, 0.5) is 23.2 Å². The number of carbonyl (C=O) groups is 1. The van der Waals surface area contributed by atoms with E-state index in [2.05, 4.69) is 10.4 Å². The highest BCUT2D eigenvalue weighted by Gasteiger charge is 2.18. The molecule has 6 nitrogen and oxygen atoms in total. The lowest BCUT2D eigenvalue weighted by Crippen LogP contribution is -2.24. The third-order valence-electron chi connectivity index (χ3n) is 4.77. The van der Waals surface area contributed by atoms with Gasteiger partial charge in [0.05, 0.1) is 28.3 Å². The van der Waals surface area contributed by atoms with Gasteiger partial charge >= 0.3 is 0 Å². The van der Waals surface area contributed by atoms with Gasteiger partial charge in [-0.15, -0.1) is 0 Å². The zero-order chi connectivity index (χ0) is 21.6. The molecule has 30 heavy (non-hydrogen) atoms. The Balaban J connectivity index is 1.71. The van der Waals surface area contributed by atoms with Crippen LogP contribution in [0.3, 0.4) is 0 Å². The molecule has 4 rings (SSSR count). The number of hydrogen-bond acceptors (Lipinski definition) is 3. The zero-order valence-corrected chi connectivity index (χ0v) is 15.5. The van der Waals surface area contributed by atoms with E-state index in [1.165, 1.54) is 10.9 Å². The van der Waals surface area contributed by atoms with Gasteiger partial charge in [-0.3, -0.25) is 14.3 Å². The first-order valence-electron chi connectivity index (χ1n) is 8.84. The molecule has 154 valence electrons. The third kappa shape index (κ3) is 3.30. The van der Waals surface area contributed by atoms with Crippen LogP contribution in [-0.4, -0.2) is 20.3 Å². The number of fused-ring (bicyclic) bond motifs is 3. The molecular formula is C20H14F4N4O2. The van der Waals surface area contributed by atoms with E-state index in [1.54, 1.807) is 7.05 Å². The Hall–Kier alpha value is -3.69. The number of nitrogens with zero attached hydrogens (tertiary/aromatic N) is 3. The van der Waals surface area contributed by atoms with E-state index < -0.39 is 34.7 Å². The molecule has 0 aliphatic heterocycles. The Kier molecular flexibility index (Phi) is 4.76. The number of anilines is 1. The van der Waals surface area contributed by atoms with Crippen LogP contribution in [-0.2, 0) is 18.4 Å². The van der Waals surface area contributed by atoms with Crippen LogP contribution in [0.25, 0.3) is 21.8 Å². The first-order valence-corrected chi connectivity index (χ1v) is 8.84. The minimum absolute atomic E-state index is 0.0933. The van der Waals surface area contributed by atoms with Crippen LogP contribution in [0.5, 0.6) is 0 Å². The highest BCUT2D eigenvalue weighted by Crippen LogP contribution is 2.25. The van der Waals surface area contributed by atoms with E-state index in [0.717, 1.165) is 28.8 Å². The number of rotatable bonds is 4. The van der Waals surface area contributed by atoms with Crippen molar-refractivity contribution in [2.24, 2.45) is 7.05 Å². The first kappa shape index (κ1) is 19.6. The monoisotopic (exact) mass is 418 g/mol. The molecule has 10 heteroatoms. The molecule has 1 amide bonds. The summed E-state index contributed by atoms with van der Waals surface area (Å²) in [6.45, 7) is -0.181. The van der Waals surface area contributed by atoms with Crippen LogP contribution in [0.1, 0.15) is 6.42 Å². The molecule has 1 N–H and O–H groups in total. The molecule has 0 saturated carbocycles. The second kappa shape index (κ2) is 7.29. The number of nitrogens with one attached hydrogen (secondary N) is 1. The van der Waals surface area contributed by atoms with Gasteiger partial charge in [-0.25, -0.2) is 17.6 Å². The van der Waals surface area contributed by atoms with Gasteiger partial charge in [-0.05, 0) is 18.2 Å². The summed E-state index contributed by atoms with van der Waals surface area (Å²) in [5, 5.41) is 6.73. The van der Waals surface area contributed by atoms with E-state index in [4.69, 9.17) is 0 Å². The molecule has 2 aromatic carbocycles. The summed E-state index contributed by atoms with van der Waals surface area (Å²) in [4.78, 5) is 25.1. The molecule has 0 aliphatic rings. The SMILES string of the molecule is Cn1ncc2c(=O)n(CCC(=O)Nc3ccc(F)cc3F)c3cc(F)c(F)cc3c21. The van der Waals surface area contributed by atoms with E-state index in [0.29, 0.717) is 11.6 Å². The Bertz CT molecular complexity index is 1380. The number of benzene rings is 2. The molecule has 0 spiro atoms. The fraction of sp³-hybridized carbons (Fsp3) is 0.150. The Morgan fingerprint density at radius 3 is 2.50 bits per heavy atom. The van der Waals surface area contributed by atoms with Crippen molar-refractivity contribution in [2.75, 3.05) is 5.32 Å². The molecule has 2 aromatic heterocycles. The average molecular weight is 418 g/mol. The molecular weight excluding hydrogens is 404 g/mol. The second-order valence-electron chi connectivity index (χ2n) is 6.69. The Morgan fingerprint density at radius 2 is 1.77 bits per heavy atom. The summed E-state index contributed by atoms with van der Waals surface area (Å²) in [6.07, 6.45) is 1.04. The van der Waals surface area contributed by atoms with Gasteiger partial charge < -0.3 is 9.88 Å². The fourth-order valence-electron chi connectivity index (χ4n) is 3.36. The number of hydrogen-bond donors (Lipinski definition) is 1. The highest BCUT2D eigenvalue weighted by molar-refractivity contribution is 6.03. The number of amides is 1. The van der Waals surface area contributed by atoms with E-state index >= 15 is 0 Å². The van der Waals surface area contributed by atoms with E-state index in [-0.39, 0.29) is 34.9 Å². The fourth-order valence-corrected chi connectivity index (χ4v) is 3.36. The maximum absolute atomic E-state index is 13.9. The van der Waals surface area contributed by atoms with E-state index in [9.17, 15) is 27.2 Å². The molecule has 0 bridgehead atoms. The number of pyridine rings is 1. The Labute approximate surface area is 166 Å². The summed E-state index contributed by atoms with van der Waals surface area (Å²) in [7, 11) is 1.57. The van der Waals surface area contributed by atoms with Crippen LogP contribution in [0.15, 0.2) is 41.3 Å². The maximum Gasteiger partial charge on any atom is 0.262 e. The van der Waals surface area contributed by atoms with Gasteiger partial charge in [-0.1, -0.05) is 0 Å². The zero-order valence-electron chi connectivity index (χ0n) is 15.5. The van der Waals surface area contributed by atoms with Gasteiger partial charge in [0.25, 0.3) is 5.56 Å². The molecule has 2 heterocycles. The smallest absolute Gasteiger partial charge is 0.262 e. The topological polar surface area (TPSA) is 68.9 Å². The van der Waals surface area contributed by atoms with Crippen LogP contribution in [0, 0.1) is 23.3 Å². The van der Waals surface area contributed by atoms with Gasteiger partial charge in [0.1, 0.15) is 11.6 Å². The van der Waals surface area contributed by atoms with Crippen molar-refractivity contribution in [1.29, 1.82) is 0 Å². The number of halogens is 4. The molecule has 0 fully saturated rings. The summed E-state index contributed by atoms with van der Waals surface area (Å²) in [5.41, 5.74) is -0.314. The molecule has 0 radical (unpaired) electrons. The van der Waals surface area contributed by atoms with Crippen LogP contribution in [0.2, 0.25) is 0 Å². The van der Waals surface area contributed by atoms with Crippen molar-refractivity contribution in [3.8, 4) is 0 Å². The number of aromatic nitrogens is 3. The first-order chi connectivity index (χ1) is 14.3. The standard InChI is InChI=1S/C20H14F4N4O2/c1-27-19-11-7-13(22)14(23)8-17(11)28(20(30)12(19)9-25-27)5-4-18(29)26-16-3-2-10(21)6-15(16)24/h2-3,6-9H,4-5H2,1H3,(H,26,29). The normalized spacial score (nSPS) is 11.4. The van der Waals surface area contributed by atoms with Crippen molar-refractivity contribution in [2.45, 2.75) is 13.0 Å². The predicted molar refractivity (Wildman–Crippen MR) is 102 cm³/mol. The largest absolute Gasteiger partial charge is 0.324 e. The molecule has 0 saturated heterocycles. The van der Waals surface area contributed by atoms with Crippen LogP contribution < -0.4 is 10.9 Å². The minimum atomic E-state index is -1.14. The molecule has 0 atom stereocenters. The third-order valence-corrected chi connectivity index (χ3v) is 4.77. The summed E-state index contributed by atoms with van der Waals surface area (Å²) < 4.78 is 56.9. The lowest BCUT2D eigenvalue weighted by molar-refractivity contribution is -0.116. The lowest BCUT2D eigenvalue weighted by atomic mass is 10.1. The average Bonchev–Trinajstić information content (AvgIpc) is 3.08. The summed E-state index contributed by atoms with van der Waals surface area (Å²) in [5.74, 6) is -4.60. The quantitative estimate of drug-likeness (QED) is 0.516. The summed E-state index contributed by atoms with van der Waals surface area (Å²) >= 11 is 0. The molecule has 4 aromatic rings. The van der Waals surface area contributed by atoms with Crippen LogP contribution >= 0.6 is 0 Å². The van der Waals surface area contributed by atoms with Crippen molar-refractivity contribution >= 4 is 33.4 Å². The van der Waals surface area contributed by atoms with Crippen molar-refractivity contribution in [1.82, 2.24) is 14.3 Å². The van der Waals surface area contributed by atoms with E-state index in [1.807, 2.05) is 0 Å². The highest BCUT2D eigenvalue weighted by atomic mass is 19.2. The number of carbonyl (C=O) groups excluding carboxylic acids is 1.